The first-order valence-electron chi connectivity index (χ1n) is 5.86. The Morgan fingerprint density at radius 1 is 1.00 bits per heavy atom. The first-order valence-corrected chi connectivity index (χ1v) is 5.86. The van der Waals surface area contributed by atoms with E-state index in [1.54, 1.807) is 18.3 Å². The fourth-order valence-electron chi connectivity index (χ4n) is 2.17. The fraction of sp³-hybridized carbons (Fsp3) is 0.0625. The highest BCUT2D eigenvalue weighted by atomic mass is 19.1. The third kappa shape index (κ3) is 1.76. The molecule has 88 valence electrons. The van der Waals surface area contributed by atoms with E-state index < -0.39 is 0 Å². The number of nitrogens with zero attached hydrogens (tertiary/aromatic N) is 1. The Hall–Kier alpha value is -2.22. The Morgan fingerprint density at radius 3 is 2.67 bits per heavy atom. The standard InChI is InChI=1S/C16H12FN/c1-11-6-7-13-12(10-11)8-9-18-16(13)14-4-2-3-5-15(14)17/h2-10H,1H3. The summed E-state index contributed by atoms with van der Waals surface area (Å²) in [6.07, 6.45) is 1.73. The number of fused-ring (bicyclic) bond motifs is 1. The Kier molecular flexibility index (Phi) is 2.56. The number of aromatic nitrogens is 1. The van der Waals surface area contributed by atoms with Crippen LogP contribution in [0.4, 0.5) is 4.39 Å². The van der Waals surface area contributed by atoms with E-state index in [4.69, 9.17) is 0 Å². The lowest BCUT2D eigenvalue weighted by Gasteiger charge is -2.07. The molecule has 0 spiro atoms. The number of hydrogen-bond donors (Lipinski definition) is 0. The van der Waals surface area contributed by atoms with Crippen LogP contribution < -0.4 is 0 Å². The normalized spacial score (nSPS) is 10.8. The van der Waals surface area contributed by atoms with E-state index in [1.165, 1.54) is 11.6 Å². The van der Waals surface area contributed by atoms with Crippen molar-refractivity contribution < 1.29 is 4.39 Å². The molecule has 1 aromatic heterocycles. The number of halogens is 1. The quantitative estimate of drug-likeness (QED) is 0.613. The molecule has 3 aromatic rings. The third-order valence-corrected chi connectivity index (χ3v) is 3.05. The van der Waals surface area contributed by atoms with Crippen molar-refractivity contribution in [3.8, 4) is 11.3 Å². The average Bonchev–Trinajstić information content (AvgIpc) is 2.38. The largest absolute Gasteiger partial charge is 0.255 e. The Bertz CT molecular complexity index is 719. The molecule has 2 heteroatoms. The smallest absolute Gasteiger partial charge is 0.132 e. The van der Waals surface area contributed by atoms with Gasteiger partial charge in [-0.2, -0.15) is 0 Å². The Balaban J connectivity index is 2.33. The van der Waals surface area contributed by atoms with Gasteiger partial charge in [-0.1, -0.05) is 35.9 Å². The van der Waals surface area contributed by atoms with E-state index >= 15 is 0 Å². The number of aryl methyl sites for hydroxylation is 1. The van der Waals surface area contributed by atoms with Crippen LogP contribution in [0.5, 0.6) is 0 Å². The van der Waals surface area contributed by atoms with Gasteiger partial charge in [-0.3, -0.25) is 4.98 Å². The Labute approximate surface area is 105 Å². The summed E-state index contributed by atoms with van der Waals surface area (Å²) in [6.45, 7) is 2.04. The van der Waals surface area contributed by atoms with Gasteiger partial charge in [-0.15, -0.1) is 0 Å². The minimum absolute atomic E-state index is 0.238. The molecule has 0 fully saturated rings. The van der Waals surface area contributed by atoms with Crippen molar-refractivity contribution in [1.29, 1.82) is 0 Å². The van der Waals surface area contributed by atoms with E-state index in [0.29, 0.717) is 11.3 Å². The predicted molar refractivity (Wildman–Crippen MR) is 71.9 cm³/mol. The second-order valence-corrected chi connectivity index (χ2v) is 4.36. The highest BCUT2D eigenvalue weighted by molar-refractivity contribution is 5.94. The van der Waals surface area contributed by atoms with Gasteiger partial charge in [-0.25, -0.2) is 4.39 Å². The van der Waals surface area contributed by atoms with Gasteiger partial charge in [0, 0.05) is 17.1 Å². The van der Waals surface area contributed by atoms with Crippen LogP contribution in [0.15, 0.2) is 54.7 Å². The van der Waals surface area contributed by atoms with Gasteiger partial charge in [0.1, 0.15) is 5.82 Å². The molecule has 0 unspecified atom stereocenters. The lowest BCUT2D eigenvalue weighted by Crippen LogP contribution is -1.89. The minimum Gasteiger partial charge on any atom is -0.255 e. The summed E-state index contributed by atoms with van der Waals surface area (Å²) in [6, 6.07) is 14.8. The molecule has 0 aliphatic heterocycles. The Morgan fingerprint density at radius 2 is 1.83 bits per heavy atom. The zero-order valence-corrected chi connectivity index (χ0v) is 10.0. The number of pyridine rings is 1. The van der Waals surface area contributed by atoms with Crippen molar-refractivity contribution >= 4 is 10.8 Å². The zero-order chi connectivity index (χ0) is 12.5. The number of rotatable bonds is 1. The van der Waals surface area contributed by atoms with Gasteiger partial charge in [0.2, 0.25) is 0 Å². The van der Waals surface area contributed by atoms with Crippen LogP contribution in [0.2, 0.25) is 0 Å². The van der Waals surface area contributed by atoms with Crippen molar-refractivity contribution in [1.82, 2.24) is 4.98 Å². The summed E-state index contributed by atoms with van der Waals surface area (Å²) in [5.74, 6) is -0.238. The maximum Gasteiger partial charge on any atom is 0.132 e. The molecule has 0 bridgehead atoms. The fourth-order valence-corrected chi connectivity index (χ4v) is 2.17. The molecule has 1 heterocycles. The summed E-state index contributed by atoms with van der Waals surface area (Å²) < 4.78 is 13.8. The van der Waals surface area contributed by atoms with Crippen LogP contribution in [0.25, 0.3) is 22.0 Å². The van der Waals surface area contributed by atoms with Gasteiger partial charge in [-0.05, 0) is 30.5 Å². The van der Waals surface area contributed by atoms with E-state index in [1.807, 2.05) is 31.2 Å². The maximum atomic E-state index is 13.8. The van der Waals surface area contributed by atoms with Crippen molar-refractivity contribution in [3.05, 3.63) is 66.1 Å². The van der Waals surface area contributed by atoms with Crippen LogP contribution in [-0.4, -0.2) is 4.98 Å². The maximum absolute atomic E-state index is 13.8. The van der Waals surface area contributed by atoms with Crippen LogP contribution >= 0.6 is 0 Å². The highest BCUT2D eigenvalue weighted by Crippen LogP contribution is 2.28. The SMILES string of the molecule is Cc1ccc2c(-c3ccccc3F)nccc2c1. The van der Waals surface area contributed by atoms with Crippen molar-refractivity contribution in [2.24, 2.45) is 0 Å². The molecule has 0 saturated heterocycles. The summed E-state index contributed by atoms with van der Waals surface area (Å²) in [7, 11) is 0. The van der Waals surface area contributed by atoms with Crippen molar-refractivity contribution in [2.45, 2.75) is 6.92 Å². The molecular formula is C16H12FN. The average molecular weight is 237 g/mol. The molecule has 0 radical (unpaired) electrons. The minimum atomic E-state index is -0.238. The lowest BCUT2D eigenvalue weighted by molar-refractivity contribution is 0.631. The number of hydrogen-bond acceptors (Lipinski definition) is 1. The van der Waals surface area contributed by atoms with E-state index in [-0.39, 0.29) is 5.82 Å². The van der Waals surface area contributed by atoms with Crippen LogP contribution in [0, 0.1) is 12.7 Å². The third-order valence-electron chi connectivity index (χ3n) is 3.05. The molecule has 0 saturated carbocycles. The molecule has 0 aliphatic rings. The molecule has 2 aromatic carbocycles. The molecule has 0 amide bonds. The van der Waals surface area contributed by atoms with Crippen LogP contribution in [0.3, 0.4) is 0 Å². The highest BCUT2D eigenvalue weighted by Gasteiger charge is 2.09. The monoisotopic (exact) mass is 237 g/mol. The van der Waals surface area contributed by atoms with Gasteiger partial charge in [0.05, 0.1) is 5.69 Å². The number of benzene rings is 2. The molecule has 0 aliphatic carbocycles. The summed E-state index contributed by atoms with van der Waals surface area (Å²) in [4.78, 5) is 4.33. The lowest BCUT2D eigenvalue weighted by atomic mass is 10.0. The molecular weight excluding hydrogens is 225 g/mol. The second kappa shape index (κ2) is 4.22. The first-order chi connectivity index (χ1) is 8.75. The van der Waals surface area contributed by atoms with E-state index in [0.717, 1.165) is 10.8 Å². The predicted octanol–water partition coefficient (Wildman–Crippen LogP) is 4.35. The van der Waals surface area contributed by atoms with Gasteiger partial charge >= 0.3 is 0 Å². The van der Waals surface area contributed by atoms with Crippen molar-refractivity contribution in [2.75, 3.05) is 0 Å². The van der Waals surface area contributed by atoms with Gasteiger partial charge < -0.3 is 0 Å². The van der Waals surface area contributed by atoms with Crippen LogP contribution in [-0.2, 0) is 0 Å². The van der Waals surface area contributed by atoms with E-state index in [9.17, 15) is 4.39 Å². The first kappa shape index (κ1) is 10.9. The summed E-state index contributed by atoms with van der Waals surface area (Å²) in [5, 5.41) is 2.07. The molecule has 0 N–H and O–H groups in total. The van der Waals surface area contributed by atoms with E-state index in [2.05, 4.69) is 11.1 Å². The zero-order valence-electron chi connectivity index (χ0n) is 10.0. The van der Waals surface area contributed by atoms with Crippen molar-refractivity contribution in [3.63, 3.8) is 0 Å². The second-order valence-electron chi connectivity index (χ2n) is 4.36. The molecule has 1 nitrogen and oxygen atoms in total. The van der Waals surface area contributed by atoms with Gasteiger partial charge in [0.25, 0.3) is 0 Å². The molecule has 18 heavy (non-hydrogen) atoms. The molecule has 0 atom stereocenters. The topological polar surface area (TPSA) is 12.9 Å². The molecule has 3 rings (SSSR count). The summed E-state index contributed by atoms with van der Waals surface area (Å²) >= 11 is 0. The van der Waals surface area contributed by atoms with Gasteiger partial charge in [0.15, 0.2) is 0 Å². The van der Waals surface area contributed by atoms with Crippen LogP contribution in [0.1, 0.15) is 5.56 Å². The summed E-state index contributed by atoms with van der Waals surface area (Å²) in [5.41, 5.74) is 2.44.